The minimum atomic E-state index is -0.246. The lowest BCUT2D eigenvalue weighted by Gasteiger charge is -2.16. The van der Waals surface area contributed by atoms with Crippen molar-refractivity contribution < 1.29 is 4.39 Å². The van der Waals surface area contributed by atoms with Crippen LogP contribution in [0.1, 0.15) is 31.8 Å². The van der Waals surface area contributed by atoms with E-state index in [1.165, 1.54) is 12.1 Å². The number of nitrogens with two attached hydrogens (primary N) is 1. The maximum atomic E-state index is 13.2. The number of hydrogen-bond acceptors (Lipinski definition) is 2. The number of aromatic nitrogens is 2. The van der Waals surface area contributed by atoms with E-state index >= 15 is 0 Å². The smallest absolute Gasteiger partial charge is 0.123 e. The Balaban J connectivity index is 2.22. The Bertz CT molecular complexity index is 567. The summed E-state index contributed by atoms with van der Waals surface area (Å²) in [5.41, 5.74) is 8.32. The van der Waals surface area contributed by atoms with Crippen LogP contribution in [0.2, 0.25) is 0 Å². The van der Waals surface area contributed by atoms with E-state index in [0.29, 0.717) is 0 Å². The molecule has 19 heavy (non-hydrogen) atoms. The first-order chi connectivity index (χ1) is 8.85. The highest BCUT2D eigenvalue weighted by Gasteiger charge is 2.14. The summed E-state index contributed by atoms with van der Waals surface area (Å²) in [6, 6.07) is 6.49. The third-order valence-corrected chi connectivity index (χ3v) is 3.04. The van der Waals surface area contributed by atoms with Crippen LogP contribution >= 0.6 is 0 Å². The molecule has 0 amide bonds. The van der Waals surface area contributed by atoms with Crippen molar-refractivity contribution in [2.75, 3.05) is 0 Å². The number of benzene rings is 1. The van der Waals surface area contributed by atoms with Gasteiger partial charge in [-0.3, -0.25) is 0 Å². The van der Waals surface area contributed by atoms with Crippen LogP contribution in [0.3, 0.4) is 0 Å². The fraction of sp³-hybridized carbons (Fsp3) is 0.400. The van der Waals surface area contributed by atoms with Crippen molar-refractivity contribution in [2.45, 2.75) is 39.2 Å². The first kappa shape index (κ1) is 13.7. The van der Waals surface area contributed by atoms with Crippen molar-refractivity contribution >= 4 is 0 Å². The molecule has 0 saturated heterocycles. The summed E-state index contributed by atoms with van der Waals surface area (Å²) in [5, 5.41) is 0. The highest BCUT2D eigenvalue weighted by atomic mass is 19.1. The van der Waals surface area contributed by atoms with Crippen molar-refractivity contribution in [3.05, 3.63) is 41.6 Å². The van der Waals surface area contributed by atoms with Crippen LogP contribution in [-0.4, -0.2) is 15.5 Å². The molecule has 2 rings (SSSR count). The number of nitrogens with zero attached hydrogens (tertiary/aromatic N) is 1. The fourth-order valence-corrected chi connectivity index (χ4v) is 2.00. The van der Waals surface area contributed by atoms with Crippen molar-refractivity contribution in [2.24, 2.45) is 5.73 Å². The first-order valence-electron chi connectivity index (χ1n) is 6.45. The second-order valence-electron chi connectivity index (χ2n) is 5.66. The third kappa shape index (κ3) is 3.64. The second-order valence-corrected chi connectivity index (χ2v) is 5.66. The van der Waals surface area contributed by atoms with Gasteiger partial charge >= 0.3 is 0 Å². The molecule has 1 aromatic carbocycles. The second kappa shape index (κ2) is 5.13. The van der Waals surface area contributed by atoms with Gasteiger partial charge in [-0.05, 0) is 39.3 Å². The van der Waals surface area contributed by atoms with Gasteiger partial charge in [0, 0.05) is 23.2 Å². The molecule has 0 bridgehead atoms. The zero-order valence-corrected chi connectivity index (χ0v) is 11.6. The maximum Gasteiger partial charge on any atom is 0.123 e. The topological polar surface area (TPSA) is 54.7 Å². The predicted octanol–water partition coefficient (Wildman–Crippen LogP) is 3.19. The molecule has 0 fully saturated rings. The lowest BCUT2D eigenvalue weighted by Crippen LogP contribution is -2.32. The zero-order chi connectivity index (χ0) is 14.0. The largest absolute Gasteiger partial charge is 0.346 e. The summed E-state index contributed by atoms with van der Waals surface area (Å²) in [7, 11) is 0. The van der Waals surface area contributed by atoms with E-state index in [1.807, 2.05) is 26.8 Å². The van der Waals surface area contributed by atoms with Gasteiger partial charge in [0.15, 0.2) is 0 Å². The van der Waals surface area contributed by atoms with Gasteiger partial charge < -0.3 is 10.7 Å². The number of H-pyrrole nitrogens is 1. The molecule has 102 valence electrons. The summed E-state index contributed by atoms with van der Waals surface area (Å²) >= 11 is 0. The molecule has 2 aromatic rings. The first-order valence-corrected chi connectivity index (χ1v) is 6.45. The van der Waals surface area contributed by atoms with E-state index < -0.39 is 0 Å². The Labute approximate surface area is 113 Å². The molecule has 0 radical (unpaired) electrons. The van der Waals surface area contributed by atoms with Gasteiger partial charge in [-0.25, -0.2) is 9.37 Å². The highest BCUT2D eigenvalue weighted by Crippen LogP contribution is 2.22. The number of rotatable bonds is 4. The number of hydrogen-bond donors (Lipinski definition) is 2. The minimum absolute atomic E-state index is 0.209. The molecule has 4 heteroatoms. The van der Waals surface area contributed by atoms with Crippen LogP contribution in [0.5, 0.6) is 0 Å². The quantitative estimate of drug-likeness (QED) is 0.888. The van der Waals surface area contributed by atoms with Crippen molar-refractivity contribution in [1.82, 2.24) is 9.97 Å². The molecule has 1 aromatic heterocycles. The maximum absolute atomic E-state index is 13.2. The molecule has 0 atom stereocenters. The molecular formula is C15H20FN3. The number of imidazole rings is 1. The Morgan fingerprint density at radius 2 is 2.11 bits per heavy atom. The monoisotopic (exact) mass is 261 g/mol. The average Bonchev–Trinajstić information content (AvgIpc) is 2.67. The van der Waals surface area contributed by atoms with Crippen molar-refractivity contribution in [1.29, 1.82) is 0 Å². The normalized spacial score (nSPS) is 11.8. The van der Waals surface area contributed by atoms with Gasteiger partial charge in [0.1, 0.15) is 11.6 Å². The van der Waals surface area contributed by atoms with Gasteiger partial charge in [-0.1, -0.05) is 12.1 Å². The summed E-state index contributed by atoms with van der Waals surface area (Å²) in [4.78, 5) is 7.79. The minimum Gasteiger partial charge on any atom is -0.346 e. The average molecular weight is 261 g/mol. The molecule has 0 aliphatic rings. The molecule has 0 aliphatic carbocycles. The van der Waals surface area contributed by atoms with Gasteiger partial charge in [-0.15, -0.1) is 0 Å². The molecule has 0 saturated carbocycles. The Kier molecular flexibility index (Phi) is 3.71. The molecule has 0 aliphatic heterocycles. The van der Waals surface area contributed by atoms with Crippen LogP contribution in [0.15, 0.2) is 24.3 Å². The molecule has 0 unspecified atom stereocenters. The van der Waals surface area contributed by atoms with Crippen LogP contribution in [0, 0.1) is 12.7 Å². The molecular weight excluding hydrogens is 241 g/mol. The van der Waals surface area contributed by atoms with E-state index in [4.69, 9.17) is 5.73 Å². The summed E-state index contributed by atoms with van der Waals surface area (Å²) in [6.07, 6.45) is 1.64. The summed E-state index contributed by atoms with van der Waals surface area (Å²) < 4.78 is 13.2. The SMILES string of the molecule is Cc1[nH]c(CCC(C)(C)N)nc1-c1cccc(F)c1. The van der Waals surface area contributed by atoms with Crippen LogP contribution in [0.4, 0.5) is 4.39 Å². The molecule has 0 spiro atoms. The van der Waals surface area contributed by atoms with Gasteiger partial charge in [0.25, 0.3) is 0 Å². The molecule has 3 nitrogen and oxygen atoms in total. The van der Waals surface area contributed by atoms with E-state index in [9.17, 15) is 4.39 Å². The van der Waals surface area contributed by atoms with Gasteiger partial charge in [0.2, 0.25) is 0 Å². The van der Waals surface area contributed by atoms with Crippen molar-refractivity contribution in [3.8, 4) is 11.3 Å². The fourth-order valence-electron chi connectivity index (χ4n) is 2.00. The van der Waals surface area contributed by atoms with Gasteiger partial charge in [-0.2, -0.15) is 0 Å². The summed E-state index contributed by atoms with van der Waals surface area (Å²) in [6.45, 7) is 5.94. The van der Waals surface area contributed by atoms with E-state index in [1.54, 1.807) is 6.07 Å². The number of halogens is 1. The van der Waals surface area contributed by atoms with E-state index in [0.717, 1.165) is 35.6 Å². The Morgan fingerprint density at radius 1 is 1.37 bits per heavy atom. The van der Waals surface area contributed by atoms with Crippen molar-refractivity contribution in [3.63, 3.8) is 0 Å². The molecule has 1 heterocycles. The van der Waals surface area contributed by atoms with Crippen LogP contribution in [0.25, 0.3) is 11.3 Å². The highest BCUT2D eigenvalue weighted by molar-refractivity contribution is 5.61. The third-order valence-electron chi connectivity index (χ3n) is 3.04. The zero-order valence-electron chi connectivity index (χ0n) is 11.6. The van der Waals surface area contributed by atoms with E-state index in [-0.39, 0.29) is 11.4 Å². The molecule has 3 N–H and O–H groups in total. The Morgan fingerprint density at radius 3 is 2.74 bits per heavy atom. The predicted molar refractivity (Wildman–Crippen MR) is 75.3 cm³/mol. The number of aryl methyl sites for hydroxylation is 2. The standard InChI is InChI=1S/C15H20FN3/c1-10-14(11-5-4-6-12(16)9-11)19-13(18-10)7-8-15(2,3)17/h4-6,9H,7-8,17H2,1-3H3,(H,18,19). The van der Waals surface area contributed by atoms with Gasteiger partial charge in [0.05, 0.1) is 5.69 Å². The lowest BCUT2D eigenvalue weighted by atomic mass is 10.0. The lowest BCUT2D eigenvalue weighted by molar-refractivity contribution is 0.472. The summed E-state index contributed by atoms with van der Waals surface area (Å²) in [5.74, 6) is 0.653. The van der Waals surface area contributed by atoms with Crippen LogP contribution < -0.4 is 5.73 Å². The Hall–Kier alpha value is -1.68. The number of aromatic amines is 1. The number of nitrogens with one attached hydrogen (secondary N) is 1. The van der Waals surface area contributed by atoms with Crippen LogP contribution in [-0.2, 0) is 6.42 Å². The van der Waals surface area contributed by atoms with E-state index in [2.05, 4.69) is 9.97 Å².